The number of halogens is 1. The molecule has 0 aliphatic carbocycles. The smallest absolute Gasteiger partial charge is 0.128 e. The van der Waals surface area contributed by atoms with Gasteiger partial charge in [0.1, 0.15) is 5.82 Å². The van der Waals surface area contributed by atoms with Crippen molar-refractivity contribution in [1.82, 2.24) is 5.32 Å². The van der Waals surface area contributed by atoms with Crippen LogP contribution in [-0.4, -0.2) is 19.3 Å². The van der Waals surface area contributed by atoms with Crippen molar-refractivity contribution in [2.45, 2.75) is 38.8 Å². The lowest BCUT2D eigenvalue weighted by Gasteiger charge is -2.36. The molecule has 0 aliphatic rings. The topological polar surface area (TPSA) is 21.3 Å². The zero-order chi connectivity index (χ0) is 12.9. The van der Waals surface area contributed by atoms with Crippen LogP contribution >= 0.6 is 0 Å². The zero-order valence-corrected chi connectivity index (χ0v) is 11.1. The van der Waals surface area contributed by atoms with Gasteiger partial charge >= 0.3 is 0 Å². The Morgan fingerprint density at radius 3 is 2.47 bits per heavy atom. The van der Waals surface area contributed by atoms with Gasteiger partial charge in [0.25, 0.3) is 0 Å². The van der Waals surface area contributed by atoms with Crippen molar-refractivity contribution in [2.24, 2.45) is 0 Å². The normalized spacial score (nSPS) is 16.5. The van der Waals surface area contributed by atoms with E-state index in [1.807, 2.05) is 26.0 Å². The van der Waals surface area contributed by atoms with E-state index in [2.05, 4.69) is 12.2 Å². The van der Waals surface area contributed by atoms with Crippen LogP contribution in [0.2, 0.25) is 0 Å². The minimum Gasteiger partial charge on any atom is -0.377 e. The summed E-state index contributed by atoms with van der Waals surface area (Å²) in [6.45, 7) is 6.85. The van der Waals surface area contributed by atoms with Crippen LogP contribution in [0.5, 0.6) is 0 Å². The van der Waals surface area contributed by atoms with E-state index < -0.39 is 5.60 Å². The molecular formula is C14H22FNO. The number of hydrogen-bond donors (Lipinski definition) is 1. The average Bonchev–Trinajstić information content (AvgIpc) is 2.36. The van der Waals surface area contributed by atoms with Gasteiger partial charge in [0, 0.05) is 12.7 Å². The molecule has 0 bridgehead atoms. The maximum Gasteiger partial charge on any atom is 0.128 e. The number of hydrogen-bond acceptors (Lipinski definition) is 2. The Bertz CT molecular complexity index is 350. The summed E-state index contributed by atoms with van der Waals surface area (Å²) in [5.74, 6) is -0.185. The van der Waals surface area contributed by atoms with Crippen LogP contribution in [0.4, 0.5) is 4.39 Å². The third-order valence-electron chi connectivity index (χ3n) is 3.40. The monoisotopic (exact) mass is 239 g/mol. The summed E-state index contributed by atoms with van der Waals surface area (Å²) in [5, 5.41) is 3.32. The zero-order valence-electron chi connectivity index (χ0n) is 11.1. The fourth-order valence-electron chi connectivity index (χ4n) is 2.03. The maximum absolute atomic E-state index is 13.9. The third-order valence-corrected chi connectivity index (χ3v) is 3.40. The lowest BCUT2D eigenvalue weighted by atomic mass is 9.87. The van der Waals surface area contributed by atoms with Gasteiger partial charge in [-0.1, -0.05) is 32.0 Å². The van der Waals surface area contributed by atoms with Crippen molar-refractivity contribution in [3.8, 4) is 0 Å². The summed E-state index contributed by atoms with van der Waals surface area (Å²) >= 11 is 0. The molecule has 0 spiro atoms. The molecule has 0 amide bonds. The second-order valence-electron chi connectivity index (χ2n) is 4.38. The van der Waals surface area contributed by atoms with Gasteiger partial charge in [-0.15, -0.1) is 0 Å². The number of ether oxygens (including phenoxy) is 1. The minimum atomic E-state index is -0.405. The van der Waals surface area contributed by atoms with E-state index in [0.717, 1.165) is 13.0 Å². The van der Waals surface area contributed by atoms with Gasteiger partial charge < -0.3 is 10.1 Å². The van der Waals surface area contributed by atoms with Crippen molar-refractivity contribution in [2.75, 3.05) is 13.7 Å². The number of nitrogens with one attached hydrogen (secondary N) is 1. The molecule has 96 valence electrons. The summed E-state index contributed by atoms with van der Waals surface area (Å²) in [6, 6.07) is 6.73. The molecule has 17 heavy (non-hydrogen) atoms. The van der Waals surface area contributed by atoms with Crippen molar-refractivity contribution >= 4 is 0 Å². The molecule has 2 nitrogen and oxygen atoms in total. The second-order valence-corrected chi connectivity index (χ2v) is 4.38. The highest BCUT2D eigenvalue weighted by molar-refractivity contribution is 5.24. The van der Waals surface area contributed by atoms with Crippen LogP contribution in [0.3, 0.4) is 0 Å². The molecule has 1 aromatic rings. The lowest BCUT2D eigenvalue weighted by molar-refractivity contribution is -0.0304. The number of rotatable bonds is 6. The Balaban J connectivity index is 3.13. The molecule has 0 saturated heterocycles. The summed E-state index contributed by atoms with van der Waals surface area (Å²) in [4.78, 5) is 0. The number of benzene rings is 1. The van der Waals surface area contributed by atoms with E-state index in [9.17, 15) is 4.39 Å². The summed E-state index contributed by atoms with van der Waals surface area (Å²) < 4.78 is 19.5. The van der Waals surface area contributed by atoms with E-state index in [-0.39, 0.29) is 11.9 Å². The van der Waals surface area contributed by atoms with Gasteiger partial charge in [-0.05, 0) is 26.0 Å². The van der Waals surface area contributed by atoms with E-state index >= 15 is 0 Å². The number of likely N-dealkylation sites (N-methyl/N-ethyl adjacent to an activating group) is 1. The fourth-order valence-corrected chi connectivity index (χ4v) is 2.03. The molecule has 1 rings (SSSR count). The standard InChI is InChI=1S/C14H22FNO/c1-5-14(3,17-4)13(16-6-2)11-9-7-8-10-12(11)15/h7-10,13,16H,5-6H2,1-4H3. The first-order valence-electron chi connectivity index (χ1n) is 6.12. The highest BCUT2D eigenvalue weighted by Crippen LogP contribution is 2.32. The Morgan fingerprint density at radius 2 is 2.00 bits per heavy atom. The predicted molar refractivity (Wildman–Crippen MR) is 68.5 cm³/mol. The highest BCUT2D eigenvalue weighted by Gasteiger charge is 2.34. The first kappa shape index (κ1) is 14.1. The molecule has 0 fully saturated rings. The van der Waals surface area contributed by atoms with E-state index in [1.54, 1.807) is 13.2 Å². The molecule has 0 radical (unpaired) electrons. The van der Waals surface area contributed by atoms with Crippen LogP contribution in [0.1, 0.15) is 38.8 Å². The molecular weight excluding hydrogens is 217 g/mol. The van der Waals surface area contributed by atoms with Gasteiger partial charge in [0.05, 0.1) is 11.6 Å². The molecule has 2 atom stereocenters. The van der Waals surface area contributed by atoms with Crippen LogP contribution in [-0.2, 0) is 4.74 Å². The molecule has 0 saturated carbocycles. The molecule has 3 heteroatoms. The molecule has 2 unspecified atom stereocenters. The van der Waals surface area contributed by atoms with Gasteiger partial charge in [-0.3, -0.25) is 0 Å². The summed E-state index contributed by atoms with van der Waals surface area (Å²) in [7, 11) is 1.68. The molecule has 0 aromatic heterocycles. The van der Waals surface area contributed by atoms with Gasteiger partial charge in [0.15, 0.2) is 0 Å². The van der Waals surface area contributed by atoms with Crippen molar-refractivity contribution in [3.05, 3.63) is 35.6 Å². The minimum absolute atomic E-state index is 0.135. The van der Waals surface area contributed by atoms with Crippen LogP contribution in [0.15, 0.2) is 24.3 Å². The summed E-state index contributed by atoms with van der Waals surface area (Å²) in [6.07, 6.45) is 0.815. The van der Waals surface area contributed by atoms with Gasteiger partial charge in [0.2, 0.25) is 0 Å². The maximum atomic E-state index is 13.9. The van der Waals surface area contributed by atoms with Crippen LogP contribution in [0, 0.1) is 5.82 Å². The van der Waals surface area contributed by atoms with E-state index in [4.69, 9.17) is 4.74 Å². The average molecular weight is 239 g/mol. The number of methoxy groups -OCH3 is 1. The fraction of sp³-hybridized carbons (Fsp3) is 0.571. The Morgan fingerprint density at radius 1 is 1.35 bits per heavy atom. The predicted octanol–water partition coefficient (Wildman–Crippen LogP) is 3.29. The Hall–Kier alpha value is -0.930. The molecule has 0 aliphatic heterocycles. The van der Waals surface area contributed by atoms with Crippen molar-refractivity contribution in [3.63, 3.8) is 0 Å². The van der Waals surface area contributed by atoms with Gasteiger partial charge in [-0.25, -0.2) is 4.39 Å². The van der Waals surface area contributed by atoms with Crippen molar-refractivity contribution < 1.29 is 9.13 Å². The molecule has 1 aromatic carbocycles. The largest absolute Gasteiger partial charge is 0.377 e. The van der Waals surface area contributed by atoms with E-state index in [0.29, 0.717) is 5.56 Å². The first-order valence-corrected chi connectivity index (χ1v) is 6.12. The van der Waals surface area contributed by atoms with Crippen LogP contribution in [0.25, 0.3) is 0 Å². The second kappa shape index (κ2) is 6.12. The highest BCUT2D eigenvalue weighted by atomic mass is 19.1. The SMILES string of the molecule is CCNC(c1ccccc1F)C(C)(CC)OC. The Kier molecular flexibility index (Phi) is 5.09. The van der Waals surface area contributed by atoms with Crippen molar-refractivity contribution in [1.29, 1.82) is 0 Å². The molecule has 1 N–H and O–H groups in total. The Labute approximate surface area is 103 Å². The lowest BCUT2D eigenvalue weighted by Crippen LogP contribution is -2.43. The van der Waals surface area contributed by atoms with E-state index in [1.165, 1.54) is 6.07 Å². The summed E-state index contributed by atoms with van der Waals surface area (Å²) in [5.41, 5.74) is 0.263. The van der Waals surface area contributed by atoms with Crippen LogP contribution < -0.4 is 5.32 Å². The third kappa shape index (κ3) is 3.05. The first-order chi connectivity index (χ1) is 8.09. The quantitative estimate of drug-likeness (QED) is 0.822. The van der Waals surface area contributed by atoms with Gasteiger partial charge in [-0.2, -0.15) is 0 Å². The molecule has 0 heterocycles.